The van der Waals surface area contributed by atoms with Gasteiger partial charge in [0.05, 0.1) is 19.2 Å². The molecule has 0 bridgehead atoms. The van der Waals surface area contributed by atoms with Crippen molar-refractivity contribution in [1.82, 2.24) is 14.8 Å². The number of rotatable bonds is 6. The molecule has 4 rings (SSSR count). The van der Waals surface area contributed by atoms with Crippen molar-refractivity contribution in [3.8, 4) is 5.88 Å². The monoisotopic (exact) mass is 469 g/mol. The van der Waals surface area contributed by atoms with Crippen molar-refractivity contribution in [3.05, 3.63) is 29.5 Å². The molecule has 1 aliphatic heterocycles. The molecule has 0 aromatic carbocycles. The van der Waals surface area contributed by atoms with E-state index in [4.69, 9.17) is 4.74 Å². The van der Waals surface area contributed by atoms with Crippen LogP contribution in [0.4, 0.5) is 0 Å². The van der Waals surface area contributed by atoms with E-state index in [0.717, 1.165) is 50.5 Å². The van der Waals surface area contributed by atoms with Crippen molar-refractivity contribution in [2.24, 2.45) is 11.8 Å². The van der Waals surface area contributed by atoms with Gasteiger partial charge in [0.15, 0.2) is 0 Å². The lowest BCUT2D eigenvalue weighted by Gasteiger charge is -2.38. The number of nitrogens with zero attached hydrogens (tertiary/aromatic N) is 3. The number of pyridine rings is 1. The number of allylic oxidation sites excluding steroid dienone is 2. The number of hydrogen-bond acceptors (Lipinski definition) is 5. The van der Waals surface area contributed by atoms with Crippen molar-refractivity contribution < 1.29 is 19.4 Å². The second-order valence-corrected chi connectivity index (χ2v) is 10.4. The zero-order chi connectivity index (χ0) is 24.2. The van der Waals surface area contributed by atoms with E-state index >= 15 is 0 Å². The van der Waals surface area contributed by atoms with Gasteiger partial charge in [0, 0.05) is 31.6 Å². The first-order chi connectivity index (χ1) is 16.4. The molecule has 0 unspecified atom stereocenters. The Morgan fingerprint density at radius 3 is 2.74 bits per heavy atom. The number of aliphatic hydroxyl groups excluding tert-OH is 1. The van der Waals surface area contributed by atoms with Crippen LogP contribution in [0.15, 0.2) is 18.3 Å². The standard InChI is InChI=1S/C27H39N3O4/c1-18-15-30(19(2)17-31)27(33)23-13-22(20-9-7-8-10-20)14-28-25(23)34-24(18)16-29(3)26(32)21-11-5-4-6-12-21/h9,13-14,18-19,21,24,31H,4-8,10-12,15-17H2,1-3H3/t18-,19+,24-/m0/s1. The van der Waals surface area contributed by atoms with Crippen molar-refractivity contribution in [2.45, 2.75) is 77.4 Å². The second-order valence-electron chi connectivity index (χ2n) is 10.4. The number of likely N-dealkylation sites (N-methyl/N-ethyl adjacent to an activating group) is 1. The summed E-state index contributed by atoms with van der Waals surface area (Å²) in [6, 6.07) is 1.57. The van der Waals surface area contributed by atoms with Gasteiger partial charge in [0.1, 0.15) is 11.7 Å². The molecule has 0 spiro atoms. The fourth-order valence-electron chi connectivity index (χ4n) is 5.45. The summed E-state index contributed by atoms with van der Waals surface area (Å²) >= 11 is 0. The van der Waals surface area contributed by atoms with Crippen LogP contribution < -0.4 is 4.74 Å². The minimum absolute atomic E-state index is 0.0354. The van der Waals surface area contributed by atoms with E-state index in [2.05, 4.69) is 11.1 Å². The summed E-state index contributed by atoms with van der Waals surface area (Å²) in [5.74, 6) is 0.402. The van der Waals surface area contributed by atoms with Crippen LogP contribution in [0.3, 0.4) is 0 Å². The summed E-state index contributed by atoms with van der Waals surface area (Å²) in [6.07, 6.45) is 12.2. The van der Waals surface area contributed by atoms with Gasteiger partial charge in [-0.05, 0) is 56.2 Å². The molecule has 0 saturated heterocycles. The molecule has 1 N–H and O–H groups in total. The van der Waals surface area contributed by atoms with Gasteiger partial charge in [-0.2, -0.15) is 0 Å². The quantitative estimate of drug-likeness (QED) is 0.683. The predicted octanol–water partition coefficient (Wildman–Crippen LogP) is 3.91. The largest absolute Gasteiger partial charge is 0.472 e. The van der Waals surface area contributed by atoms with Crippen molar-refractivity contribution >= 4 is 17.4 Å². The van der Waals surface area contributed by atoms with E-state index in [-0.39, 0.29) is 42.4 Å². The summed E-state index contributed by atoms with van der Waals surface area (Å²) in [4.78, 5) is 34.8. The molecule has 1 saturated carbocycles. The van der Waals surface area contributed by atoms with Crippen LogP contribution >= 0.6 is 0 Å². The molecule has 3 atom stereocenters. The number of ether oxygens (including phenoxy) is 1. The van der Waals surface area contributed by atoms with Gasteiger partial charge in [-0.3, -0.25) is 9.59 Å². The van der Waals surface area contributed by atoms with Gasteiger partial charge in [-0.25, -0.2) is 4.98 Å². The number of fused-ring (bicyclic) bond motifs is 1. The highest BCUT2D eigenvalue weighted by Gasteiger charge is 2.35. The molecule has 1 fully saturated rings. The van der Waals surface area contributed by atoms with Crippen molar-refractivity contribution in [1.29, 1.82) is 0 Å². The zero-order valence-electron chi connectivity index (χ0n) is 20.8. The van der Waals surface area contributed by atoms with E-state index in [1.807, 2.05) is 27.0 Å². The number of aromatic nitrogens is 1. The second kappa shape index (κ2) is 10.9. The first-order valence-corrected chi connectivity index (χ1v) is 12.9. The number of aliphatic hydroxyl groups is 1. The Kier molecular flexibility index (Phi) is 7.91. The Morgan fingerprint density at radius 2 is 2.06 bits per heavy atom. The molecule has 0 radical (unpaired) electrons. The number of carbonyl (C=O) groups excluding carboxylic acids is 2. The Hall–Kier alpha value is -2.41. The van der Waals surface area contributed by atoms with E-state index < -0.39 is 0 Å². The molecule has 7 heteroatoms. The minimum Gasteiger partial charge on any atom is -0.472 e. The maximum absolute atomic E-state index is 13.6. The Bertz CT molecular complexity index is 924. The first-order valence-electron chi connectivity index (χ1n) is 12.9. The summed E-state index contributed by atoms with van der Waals surface area (Å²) in [7, 11) is 1.86. The molecule has 186 valence electrons. The first kappa shape index (κ1) is 24.7. The van der Waals surface area contributed by atoms with Gasteiger partial charge in [0.25, 0.3) is 5.91 Å². The average molecular weight is 470 g/mol. The fraction of sp³-hybridized carbons (Fsp3) is 0.667. The van der Waals surface area contributed by atoms with Gasteiger partial charge in [0.2, 0.25) is 11.8 Å². The van der Waals surface area contributed by atoms with Crippen LogP contribution in [0.1, 0.15) is 81.1 Å². The summed E-state index contributed by atoms with van der Waals surface area (Å²) < 4.78 is 6.37. The highest BCUT2D eigenvalue weighted by Crippen LogP contribution is 2.33. The summed E-state index contributed by atoms with van der Waals surface area (Å²) in [5.41, 5.74) is 2.61. The highest BCUT2D eigenvalue weighted by atomic mass is 16.5. The third-order valence-electron chi connectivity index (χ3n) is 7.72. The topological polar surface area (TPSA) is 83.0 Å². The summed E-state index contributed by atoms with van der Waals surface area (Å²) in [6.45, 7) is 4.68. The van der Waals surface area contributed by atoms with Crippen molar-refractivity contribution in [2.75, 3.05) is 26.7 Å². The molecule has 2 heterocycles. The third kappa shape index (κ3) is 5.29. The average Bonchev–Trinajstić information content (AvgIpc) is 3.40. The van der Waals surface area contributed by atoms with E-state index in [1.165, 1.54) is 12.0 Å². The Labute approximate surface area is 203 Å². The van der Waals surface area contributed by atoms with E-state index in [9.17, 15) is 14.7 Å². The highest BCUT2D eigenvalue weighted by molar-refractivity contribution is 5.97. The van der Waals surface area contributed by atoms with Crippen molar-refractivity contribution in [3.63, 3.8) is 0 Å². The molecule has 2 aliphatic carbocycles. The Balaban J connectivity index is 1.61. The van der Waals surface area contributed by atoms with Crippen LogP contribution in [-0.4, -0.2) is 70.6 Å². The molecule has 3 aliphatic rings. The van der Waals surface area contributed by atoms with Crippen LogP contribution in [0.25, 0.3) is 5.57 Å². The minimum atomic E-state index is -0.322. The number of hydrogen-bond donors (Lipinski definition) is 1. The molecule has 1 aromatic rings. The van der Waals surface area contributed by atoms with Gasteiger partial charge < -0.3 is 19.6 Å². The van der Waals surface area contributed by atoms with Gasteiger partial charge >= 0.3 is 0 Å². The molecule has 7 nitrogen and oxygen atoms in total. The smallest absolute Gasteiger partial charge is 0.259 e. The molecule has 2 amide bonds. The van der Waals surface area contributed by atoms with Crippen LogP contribution in [0.5, 0.6) is 5.88 Å². The van der Waals surface area contributed by atoms with E-state index in [1.54, 1.807) is 16.0 Å². The maximum atomic E-state index is 13.6. The molecule has 1 aromatic heterocycles. The molecular weight excluding hydrogens is 430 g/mol. The SMILES string of the molecule is C[C@H](CO)N1C[C@H](C)[C@H](CN(C)C(=O)C2CCCCC2)Oc2ncc(C3=CCCC3)cc2C1=O. The van der Waals surface area contributed by atoms with Gasteiger partial charge in [-0.1, -0.05) is 32.3 Å². The van der Waals surface area contributed by atoms with Gasteiger partial charge in [-0.15, -0.1) is 0 Å². The van der Waals surface area contributed by atoms with Crippen LogP contribution in [0.2, 0.25) is 0 Å². The third-order valence-corrected chi connectivity index (χ3v) is 7.72. The summed E-state index contributed by atoms with van der Waals surface area (Å²) in [5, 5.41) is 9.85. The van der Waals surface area contributed by atoms with Crippen LogP contribution in [-0.2, 0) is 4.79 Å². The predicted molar refractivity (Wildman–Crippen MR) is 131 cm³/mol. The van der Waals surface area contributed by atoms with Crippen LogP contribution in [0, 0.1) is 11.8 Å². The lowest BCUT2D eigenvalue weighted by atomic mass is 9.88. The zero-order valence-corrected chi connectivity index (χ0v) is 20.8. The number of carbonyl (C=O) groups is 2. The normalized spacial score (nSPS) is 24.5. The number of amides is 2. The molecule has 34 heavy (non-hydrogen) atoms. The lowest BCUT2D eigenvalue weighted by molar-refractivity contribution is -0.136. The fourth-order valence-corrected chi connectivity index (χ4v) is 5.45. The maximum Gasteiger partial charge on any atom is 0.259 e. The Morgan fingerprint density at radius 1 is 1.29 bits per heavy atom. The lowest BCUT2D eigenvalue weighted by Crippen LogP contribution is -2.51. The molecular formula is C27H39N3O4. The van der Waals surface area contributed by atoms with E-state index in [0.29, 0.717) is 24.5 Å².